The molecule has 8 heteroatoms. The molecule has 0 saturated heterocycles. The van der Waals surface area contributed by atoms with Gasteiger partial charge in [0.2, 0.25) is 0 Å². The molecule has 1 atom stereocenters. The lowest BCUT2D eigenvalue weighted by atomic mass is 10.1. The zero-order valence-corrected chi connectivity index (χ0v) is 17.9. The summed E-state index contributed by atoms with van der Waals surface area (Å²) >= 11 is 0. The van der Waals surface area contributed by atoms with E-state index < -0.39 is 44.2 Å². The second-order valence-corrected chi connectivity index (χ2v) is 13.3. The van der Waals surface area contributed by atoms with E-state index in [0.717, 1.165) is 0 Å². The highest BCUT2D eigenvalue weighted by Gasteiger charge is 2.38. The van der Waals surface area contributed by atoms with Crippen LogP contribution in [0.5, 0.6) is 0 Å². The minimum absolute atomic E-state index is 0.00837. The van der Waals surface area contributed by atoms with Crippen LogP contribution in [-0.4, -0.2) is 51.5 Å². The monoisotopic (exact) mass is 375 g/mol. The fourth-order valence-corrected chi connectivity index (χ4v) is 2.53. The zero-order valence-electron chi connectivity index (χ0n) is 16.9. The van der Waals surface area contributed by atoms with Gasteiger partial charge in [-0.15, -0.1) is 0 Å². The van der Waals surface area contributed by atoms with Crippen LogP contribution in [0.15, 0.2) is 0 Å². The maximum Gasteiger partial charge on any atom is 0.408 e. The van der Waals surface area contributed by atoms with Gasteiger partial charge in [-0.25, -0.2) is 4.79 Å². The van der Waals surface area contributed by atoms with Gasteiger partial charge in [0.1, 0.15) is 18.1 Å². The zero-order chi connectivity index (χ0) is 20.1. The summed E-state index contributed by atoms with van der Waals surface area (Å²) in [6.45, 7) is 15.5. The van der Waals surface area contributed by atoms with Crippen LogP contribution < -0.4 is 5.32 Å². The normalized spacial score (nSPS) is 13.8. The quantitative estimate of drug-likeness (QED) is 0.418. The molecule has 0 bridgehead atoms. The first-order valence-corrected chi connectivity index (χ1v) is 11.2. The van der Waals surface area contributed by atoms with Crippen molar-refractivity contribution in [1.82, 2.24) is 5.32 Å². The van der Waals surface area contributed by atoms with Gasteiger partial charge in [-0.1, -0.05) is 20.8 Å². The molecule has 0 aliphatic rings. The third kappa shape index (κ3) is 9.01. The van der Waals surface area contributed by atoms with Gasteiger partial charge in [-0.3, -0.25) is 9.59 Å². The molecule has 0 spiro atoms. The number of carbonyl (C=O) groups is 3. The molecule has 0 aliphatic heterocycles. The third-order valence-corrected chi connectivity index (χ3v) is 8.54. The molecule has 0 aromatic carbocycles. The van der Waals surface area contributed by atoms with E-state index >= 15 is 0 Å². The number of alkyl carbamates (subject to hydrolysis) is 1. The molecule has 0 aliphatic carbocycles. The Bertz CT molecular complexity index is 490. The van der Waals surface area contributed by atoms with Crippen LogP contribution in [0.1, 0.15) is 48.0 Å². The number of ether oxygens (including phenoxy) is 2. The minimum Gasteiger partial charge on any atom is -0.469 e. The van der Waals surface area contributed by atoms with Gasteiger partial charge in [-0.05, 0) is 38.9 Å². The van der Waals surface area contributed by atoms with E-state index in [4.69, 9.17) is 9.16 Å². The number of amides is 1. The SMILES string of the molecule is COC(=O)CC(=O)C(CO[Si](C)(C)C(C)(C)C)NC(=O)OC(C)(C)C. The predicted octanol–water partition coefficient (Wildman–Crippen LogP) is 3.03. The van der Waals surface area contributed by atoms with Crippen LogP contribution in [0.25, 0.3) is 0 Å². The molecule has 0 rings (SSSR count). The first kappa shape index (κ1) is 23.6. The van der Waals surface area contributed by atoms with Crippen LogP contribution in [0, 0.1) is 0 Å². The summed E-state index contributed by atoms with van der Waals surface area (Å²) in [6.07, 6.45) is -1.16. The molecule has 1 amide bonds. The first-order chi connectivity index (χ1) is 11.1. The molecule has 146 valence electrons. The number of esters is 1. The highest BCUT2D eigenvalue weighted by Crippen LogP contribution is 2.36. The lowest BCUT2D eigenvalue weighted by molar-refractivity contribution is -0.144. The molecule has 0 heterocycles. The summed E-state index contributed by atoms with van der Waals surface area (Å²) in [6, 6.07) is -0.969. The lowest BCUT2D eigenvalue weighted by Crippen LogP contribution is -2.50. The molecule has 0 aromatic rings. The highest BCUT2D eigenvalue weighted by molar-refractivity contribution is 6.74. The van der Waals surface area contributed by atoms with Crippen LogP contribution in [0.3, 0.4) is 0 Å². The topological polar surface area (TPSA) is 90.9 Å². The van der Waals surface area contributed by atoms with Crippen molar-refractivity contribution in [3.8, 4) is 0 Å². The molecule has 0 radical (unpaired) electrons. The largest absolute Gasteiger partial charge is 0.469 e. The highest BCUT2D eigenvalue weighted by atomic mass is 28.4. The van der Waals surface area contributed by atoms with Gasteiger partial charge in [0.15, 0.2) is 14.1 Å². The Morgan fingerprint density at radius 1 is 1.04 bits per heavy atom. The molecule has 1 N–H and O–H groups in total. The Kier molecular flexibility index (Phi) is 8.30. The smallest absolute Gasteiger partial charge is 0.408 e. The summed E-state index contributed by atoms with van der Waals surface area (Å²) in [4.78, 5) is 35.7. The van der Waals surface area contributed by atoms with Crippen LogP contribution in [0.2, 0.25) is 18.1 Å². The molecule has 1 unspecified atom stereocenters. The number of rotatable bonds is 7. The summed E-state index contributed by atoms with van der Waals surface area (Å²) in [5.41, 5.74) is -0.694. The van der Waals surface area contributed by atoms with E-state index in [2.05, 4.69) is 30.8 Å². The van der Waals surface area contributed by atoms with E-state index in [1.807, 2.05) is 13.1 Å². The number of Topliss-reactive ketones (excluding diaryl/α,β-unsaturated/α-hetero) is 1. The summed E-state index contributed by atoms with van der Waals surface area (Å²) < 4.78 is 15.7. The predicted molar refractivity (Wildman–Crippen MR) is 97.9 cm³/mol. The first-order valence-electron chi connectivity index (χ1n) is 8.32. The van der Waals surface area contributed by atoms with Crippen molar-refractivity contribution in [2.24, 2.45) is 0 Å². The van der Waals surface area contributed by atoms with Gasteiger partial charge in [0, 0.05) is 0 Å². The van der Waals surface area contributed by atoms with Gasteiger partial charge < -0.3 is 19.2 Å². The van der Waals surface area contributed by atoms with Crippen molar-refractivity contribution in [3.63, 3.8) is 0 Å². The van der Waals surface area contributed by atoms with Gasteiger partial charge in [-0.2, -0.15) is 0 Å². The number of hydrogen-bond donors (Lipinski definition) is 1. The van der Waals surface area contributed by atoms with E-state index in [1.165, 1.54) is 7.11 Å². The average Bonchev–Trinajstić information content (AvgIpc) is 2.39. The fourth-order valence-electron chi connectivity index (χ4n) is 1.51. The molecule has 0 aromatic heterocycles. The maximum atomic E-state index is 12.3. The molecular formula is C17H33NO6Si. The molecular weight excluding hydrogens is 342 g/mol. The van der Waals surface area contributed by atoms with Crippen molar-refractivity contribution in [2.45, 2.75) is 77.7 Å². The Labute approximate surface area is 151 Å². The molecule has 25 heavy (non-hydrogen) atoms. The van der Waals surface area contributed by atoms with Crippen molar-refractivity contribution in [3.05, 3.63) is 0 Å². The third-order valence-electron chi connectivity index (χ3n) is 4.04. The van der Waals surface area contributed by atoms with Crippen molar-refractivity contribution >= 4 is 26.2 Å². The number of carbonyl (C=O) groups excluding carboxylic acids is 3. The second kappa shape index (κ2) is 8.80. The Hall–Kier alpha value is -1.41. The Morgan fingerprint density at radius 2 is 1.56 bits per heavy atom. The number of methoxy groups -OCH3 is 1. The molecule has 7 nitrogen and oxygen atoms in total. The summed E-state index contributed by atoms with van der Waals surface area (Å²) in [5, 5.41) is 2.46. The second-order valence-electron chi connectivity index (χ2n) is 8.49. The number of hydrogen-bond acceptors (Lipinski definition) is 6. The Balaban J connectivity index is 5.11. The number of ketones is 1. The van der Waals surface area contributed by atoms with Gasteiger partial charge in [0.25, 0.3) is 0 Å². The number of nitrogens with one attached hydrogen (secondary N) is 1. The van der Waals surface area contributed by atoms with Crippen LogP contribution >= 0.6 is 0 Å². The van der Waals surface area contributed by atoms with E-state index in [-0.39, 0.29) is 11.6 Å². The average molecular weight is 376 g/mol. The van der Waals surface area contributed by atoms with Crippen molar-refractivity contribution in [2.75, 3.05) is 13.7 Å². The van der Waals surface area contributed by atoms with E-state index in [1.54, 1.807) is 20.8 Å². The summed E-state index contributed by atoms with van der Waals surface area (Å²) in [7, 11) is -0.914. The molecule has 0 saturated carbocycles. The fraction of sp³-hybridized carbons (Fsp3) is 0.824. The summed E-state index contributed by atoms with van der Waals surface area (Å²) in [5.74, 6) is -1.13. The van der Waals surface area contributed by atoms with Crippen LogP contribution in [0.4, 0.5) is 4.79 Å². The van der Waals surface area contributed by atoms with Gasteiger partial charge in [0.05, 0.1) is 13.7 Å². The van der Waals surface area contributed by atoms with Crippen molar-refractivity contribution in [1.29, 1.82) is 0 Å². The van der Waals surface area contributed by atoms with E-state index in [9.17, 15) is 14.4 Å². The standard InChI is InChI=1S/C17H33NO6Si/c1-16(2,3)24-15(21)18-12(13(19)10-14(20)22-7)11-23-25(8,9)17(4,5)6/h12H,10-11H2,1-9H3,(H,18,21). The minimum atomic E-state index is -2.12. The van der Waals surface area contributed by atoms with Crippen LogP contribution in [-0.2, 0) is 23.5 Å². The Morgan fingerprint density at radius 3 is 1.96 bits per heavy atom. The van der Waals surface area contributed by atoms with Gasteiger partial charge >= 0.3 is 12.1 Å². The van der Waals surface area contributed by atoms with Crippen molar-refractivity contribution < 1.29 is 28.3 Å². The molecule has 0 fully saturated rings. The maximum absolute atomic E-state index is 12.3. The van der Waals surface area contributed by atoms with E-state index in [0.29, 0.717) is 0 Å². The lowest BCUT2D eigenvalue weighted by Gasteiger charge is -2.37.